The van der Waals surface area contributed by atoms with Crippen LogP contribution in [0, 0.1) is 5.92 Å². The highest BCUT2D eigenvalue weighted by atomic mass is 16.3. The fourth-order valence-corrected chi connectivity index (χ4v) is 3.04. The van der Waals surface area contributed by atoms with Crippen molar-refractivity contribution in [2.45, 2.75) is 25.4 Å². The molecule has 1 aliphatic rings. The molecule has 0 bridgehead atoms. The van der Waals surface area contributed by atoms with E-state index in [0.717, 1.165) is 11.4 Å². The second-order valence-electron chi connectivity index (χ2n) is 5.84. The highest BCUT2D eigenvalue weighted by Crippen LogP contribution is 2.34. The Hall–Kier alpha value is -2.57. The first-order valence-electron chi connectivity index (χ1n) is 7.59. The molecule has 2 atom stereocenters. The third kappa shape index (κ3) is 2.99. The van der Waals surface area contributed by atoms with Crippen molar-refractivity contribution in [2.24, 2.45) is 13.0 Å². The summed E-state index contributed by atoms with van der Waals surface area (Å²) in [6.45, 7) is 0.413. The van der Waals surface area contributed by atoms with E-state index in [1.165, 1.54) is 0 Å². The number of hydrogen-bond donors (Lipinski definition) is 1. The number of rotatable bonds is 4. The van der Waals surface area contributed by atoms with Crippen LogP contribution < -0.4 is 5.32 Å². The first-order chi connectivity index (χ1) is 11.1. The Kier molecular flexibility index (Phi) is 4.18. The molecule has 3 heterocycles. The minimum Gasteiger partial charge on any atom is -0.472 e. The Morgan fingerprint density at radius 1 is 1.48 bits per heavy atom. The first kappa shape index (κ1) is 15.3. The molecule has 2 aromatic rings. The van der Waals surface area contributed by atoms with Gasteiger partial charge in [-0.2, -0.15) is 0 Å². The molecule has 3 rings (SSSR count). The summed E-state index contributed by atoms with van der Waals surface area (Å²) in [5, 5.41) is 2.93. The highest BCUT2D eigenvalue weighted by Gasteiger charge is 2.40. The maximum absolute atomic E-state index is 12.6. The maximum atomic E-state index is 12.6. The predicted molar refractivity (Wildman–Crippen MR) is 82.0 cm³/mol. The lowest BCUT2D eigenvalue weighted by molar-refractivity contribution is -0.142. The lowest BCUT2D eigenvalue weighted by Crippen LogP contribution is -2.47. The molecule has 1 aliphatic heterocycles. The number of aromatic nitrogens is 2. The lowest BCUT2D eigenvalue weighted by Gasteiger charge is -2.37. The number of imidazole rings is 1. The second-order valence-corrected chi connectivity index (χ2v) is 5.84. The van der Waals surface area contributed by atoms with Gasteiger partial charge in [0.2, 0.25) is 11.8 Å². The van der Waals surface area contributed by atoms with Gasteiger partial charge in [-0.05, 0) is 12.5 Å². The molecule has 2 amide bonds. The number of nitrogens with zero attached hydrogens (tertiary/aromatic N) is 3. The Bertz CT molecular complexity index is 692. The fraction of sp³-hybridized carbons (Fsp3) is 0.438. The minimum atomic E-state index is -0.347. The van der Waals surface area contributed by atoms with Crippen LogP contribution in [0.4, 0.5) is 0 Å². The molecule has 2 aromatic heterocycles. The van der Waals surface area contributed by atoms with Crippen molar-refractivity contribution in [2.75, 3.05) is 7.05 Å². The Morgan fingerprint density at radius 3 is 2.96 bits per heavy atom. The number of carbonyl (C=O) groups is 2. The van der Waals surface area contributed by atoms with Gasteiger partial charge in [0, 0.05) is 45.0 Å². The molecule has 1 saturated heterocycles. The van der Waals surface area contributed by atoms with E-state index in [1.807, 2.05) is 23.9 Å². The second kappa shape index (κ2) is 6.28. The van der Waals surface area contributed by atoms with Crippen LogP contribution in [0.1, 0.15) is 30.3 Å². The van der Waals surface area contributed by atoms with Crippen molar-refractivity contribution < 1.29 is 14.0 Å². The number of carbonyl (C=O) groups excluding carboxylic acids is 2. The summed E-state index contributed by atoms with van der Waals surface area (Å²) in [5.41, 5.74) is 0.909. The van der Waals surface area contributed by atoms with Gasteiger partial charge in [0.1, 0.15) is 11.9 Å². The zero-order chi connectivity index (χ0) is 16.4. The van der Waals surface area contributed by atoms with Crippen molar-refractivity contribution in [1.82, 2.24) is 19.8 Å². The third-order valence-electron chi connectivity index (χ3n) is 4.37. The van der Waals surface area contributed by atoms with Gasteiger partial charge in [-0.15, -0.1) is 0 Å². The number of piperidine rings is 1. The van der Waals surface area contributed by atoms with Gasteiger partial charge in [0.25, 0.3) is 0 Å². The third-order valence-corrected chi connectivity index (χ3v) is 4.37. The van der Waals surface area contributed by atoms with Crippen LogP contribution in [0.5, 0.6) is 0 Å². The van der Waals surface area contributed by atoms with Gasteiger partial charge in [0.05, 0.1) is 18.4 Å². The topological polar surface area (TPSA) is 80.4 Å². The summed E-state index contributed by atoms with van der Waals surface area (Å²) >= 11 is 0. The standard InChI is InChI=1S/C16H20N4O3/c1-19-7-6-17-15(19)14-12(3-4-13(21)20(14)2)16(22)18-9-11-5-8-23-10-11/h5-8,10,12,14H,3-4,9H2,1-2H3,(H,18,22)/t12-,14-/m0/s1. The quantitative estimate of drug-likeness (QED) is 0.920. The van der Waals surface area contributed by atoms with Crippen molar-refractivity contribution in [1.29, 1.82) is 0 Å². The van der Waals surface area contributed by atoms with E-state index in [2.05, 4.69) is 10.3 Å². The highest BCUT2D eigenvalue weighted by molar-refractivity contribution is 5.84. The molecule has 1 fully saturated rings. The van der Waals surface area contributed by atoms with Crippen molar-refractivity contribution in [3.05, 3.63) is 42.4 Å². The van der Waals surface area contributed by atoms with Crippen molar-refractivity contribution >= 4 is 11.8 Å². The van der Waals surface area contributed by atoms with Crippen LogP contribution in [0.2, 0.25) is 0 Å². The zero-order valence-electron chi connectivity index (χ0n) is 13.2. The molecule has 0 aromatic carbocycles. The van der Waals surface area contributed by atoms with E-state index >= 15 is 0 Å². The Balaban J connectivity index is 1.79. The molecule has 7 heteroatoms. The molecule has 0 radical (unpaired) electrons. The van der Waals surface area contributed by atoms with Gasteiger partial charge in [-0.3, -0.25) is 9.59 Å². The summed E-state index contributed by atoms with van der Waals surface area (Å²) in [4.78, 5) is 30.7. The lowest BCUT2D eigenvalue weighted by atomic mass is 9.87. The maximum Gasteiger partial charge on any atom is 0.225 e. The SMILES string of the molecule is CN1C(=O)CC[C@H](C(=O)NCc2ccoc2)[C@H]1c1nccn1C. The Labute approximate surface area is 134 Å². The van der Waals surface area contributed by atoms with Crippen LogP contribution in [0.15, 0.2) is 35.4 Å². The summed E-state index contributed by atoms with van der Waals surface area (Å²) in [6, 6.07) is 1.47. The van der Waals surface area contributed by atoms with Gasteiger partial charge < -0.3 is 19.2 Å². The molecular weight excluding hydrogens is 296 g/mol. The van der Waals surface area contributed by atoms with E-state index in [1.54, 1.807) is 30.7 Å². The van der Waals surface area contributed by atoms with E-state index in [9.17, 15) is 9.59 Å². The van der Waals surface area contributed by atoms with E-state index in [4.69, 9.17) is 4.42 Å². The van der Waals surface area contributed by atoms with Crippen LogP contribution in [-0.4, -0.2) is 33.3 Å². The predicted octanol–water partition coefficient (Wildman–Crippen LogP) is 1.24. The normalized spacial score (nSPS) is 21.5. The van der Waals surface area contributed by atoms with E-state index in [0.29, 0.717) is 19.4 Å². The van der Waals surface area contributed by atoms with Gasteiger partial charge in [0.15, 0.2) is 0 Å². The van der Waals surface area contributed by atoms with Gasteiger partial charge in [-0.25, -0.2) is 4.98 Å². The number of nitrogens with one attached hydrogen (secondary N) is 1. The molecule has 1 N–H and O–H groups in total. The molecule has 0 spiro atoms. The summed E-state index contributed by atoms with van der Waals surface area (Å²) in [6.07, 6.45) is 7.59. The summed E-state index contributed by atoms with van der Waals surface area (Å²) < 4.78 is 6.86. The van der Waals surface area contributed by atoms with Gasteiger partial charge in [-0.1, -0.05) is 0 Å². The molecule has 7 nitrogen and oxygen atoms in total. The number of amides is 2. The fourth-order valence-electron chi connectivity index (χ4n) is 3.04. The van der Waals surface area contributed by atoms with E-state index < -0.39 is 0 Å². The number of hydrogen-bond acceptors (Lipinski definition) is 4. The minimum absolute atomic E-state index is 0.0388. The van der Waals surface area contributed by atoms with Crippen molar-refractivity contribution in [3.8, 4) is 0 Å². The average Bonchev–Trinajstić information content (AvgIpc) is 3.19. The Morgan fingerprint density at radius 2 is 2.30 bits per heavy atom. The van der Waals surface area contributed by atoms with Gasteiger partial charge >= 0.3 is 0 Å². The number of likely N-dealkylation sites (tertiary alicyclic amines) is 1. The molecule has 0 unspecified atom stereocenters. The molecular formula is C16H20N4O3. The van der Waals surface area contributed by atoms with Crippen LogP contribution in [0.25, 0.3) is 0 Å². The molecule has 0 aliphatic carbocycles. The first-order valence-corrected chi connectivity index (χ1v) is 7.59. The zero-order valence-corrected chi connectivity index (χ0v) is 13.2. The summed E-state index contributed by atoms with van der Waals surface area (Å²) in [7, 11) is 3.60. The largest absolute Gasteiger partial charge is 0.472 e. The van der Waals surface area contributed by atoms with E-state index in [-0.39, 0.29) is 23.8 Å². The van der Waals surface area contributed by atoms with Crippen LogP contribution in [-0.2, 0) is 23.2 Å². The average molecular weight is 316 g/mol. The van der Waals surface area contributed by atoms with Crippen LogP contribution in [0.3, 0.4) is 0 Å². The smallest absolute Gasteiger partial charge is 0.225 e. The monoisotopic (exact) mass is 316 g/mol. The number of aryl methyl sites for hydroxylation is 1. The van der Waals surface area contributed by atoms with Crippen LogP contribution >= 0.6 is 0 Å². The number of furan rings is 1. The van der Waals surface area contributed by atoms with Crippen molar-refractivity contribution in [3.63, 3.8) is 0 Å². The summed E-state index contributed by atoms with van der Waals surface area (Å²) in [5.74, 6) is 0.380. The molecule has 23 heavy (non-hydrogen) atoms. The molecule has 0 saturated carbocycles. The molecule has 122 valence electrons.